The number of para-hydroxylation sites is 1. The molecule has 2 N–H and O–H groups in total. The van der Waals surface area contributed by atoms with E-state index in [1.807, 2.05) is 41.9 Å². The molecule has 8 nitrogen and oxygen atoms in total. The summed E-state index contributed by atoms with van der Waals surface area (Å²) in [5.41, 5.74) is 2.22. The van der Waals surface area contributed by atoms with E-state index >= 15 is 0 Å². The van der Waals surface area contributed by atoms with E-state index in [0.717, 1.165) is 16.3 Å². The summed E-state index contributed by atoms with van der Waals surface area (Å²) in [5.74, 6) is 1.65. The second-order valence-corrected chi connectivity index (χ2v) is 8.73. The van der Waals surface area contributed by atoms with Crippen LogP contribution in [0.15, 0.2) is 51.6 Å². The van der Waals surface area contributed by atoms with Gasteiger partial charge >= 0.3 is 0 Å². The fourth-order valence-corrected chi connectivity index (χ4v) is 4.60. The first-order chi connectivity index (χ1) is 16.0. The highest BCUT2D eigenvalue weighted by molar-refractivity contribution is 7.14. The van der Waals surface area contributed by atoms with E-state index in [0.29, 0.717) is 41.2 Å². The van der Waals surface area contributed by atoms with Gasteiger partial charge in [0.1, 0.15) is 22.2 Å². The molecule has 0 fully saturated rings. The Bertz CT molecular complexity index is 1260. The largest absolute Gasteiger partial charge is 0.493 e. The van der Waals surface area contributed by atoms with Crippen LogP contribution in [0.2, 0.25) is 0 Å². The minimum atomic E-state index is -0.198. The van der Waals surface area contributed by atoms with E-state index in [-0.39, 0.29) is 18.2 Å². The Labute approximate surface area is 198 Å². The highest BCUT2D eigenvalue weighted by Crippen LogP contribution is 2.32. The van der Waals surface area contributed by atoms with Gasteiger partial charge in [0.25, 0.3) is 0 Å². The topological polar surface area (TPSA) is 106 Å². The quantitative estimate of drug-likeness (QED) is 0.357. The standard InChI is InChI=1S/C23H22N4O4S2/c1-3-30-19-7-5-4-6-17(19)22-25-15(12-32-22)10-21(29)27-23-26-18(13-33-23)20-9-8-16(31-20)11-24-14(2)28/h4-9,12-13H,3,10-11H2,1-2H3,(H,24,28)(H,26,27,29). The van der Waals surface area contributed by atoms with E-state index in [1.165, 1.54) is 29.6 Å². The van der Waals surface area contributed by atoms with Crippen molar-refractivity contribution in [3.63, 3.8) is 0 Å². The van der Waals surface area contributed by atoms with Gasteiger partial charge in [0.2, 0.25) is 11.8 Å². The van der Waals surface area contributed by atoms with Gasteiger partial charge in [-0.2, -0.15) is 0 Å². The number of benzene rings is 1. The maximum absolute atomic E-state index is 12.5. The van der Waals surface area contributed by atoms with Gasteiger partial charge in [0.05, 0.1) is 30.8 Å². The van der Waals surface area contributed by atoms with Gasteiger partial charge in [-0.25, -0.2) is 9.97 Å². The molecule has 4 aromatic rings. The van der Waals surface area contributed by atoms with Crippen LogP contribution in [0.25, 0.3) is 22.0 Å². The first-order valence-electron chi connectivity index (χ1n) is 10.3. The lowest BCUT2D eigenvalue weighted by atomic mass is 10.2. The number of amides is 2. The molecule has 0 spiro atoms. The van der Waals surface area contributed by atoms with Crippen LogP contribution < -0.4 is 15.4 Å². The van der Waals surface area contributed by atoms with E-state index in [1.54, 1.807) is 12.1 Å². The first kappa shape index (κ1) is 22.7. The van der Waals surface area contributed by atoms with Crippen molar-refractivity contribution < 1.29 is 18.7 Å². The number of hydrogen-bond donors (Lipinski definition) is 2. The zero-order valence-electron chi connectivity index (χ0n) is 18.1. The minimum Gasteiger partial charge on any atom is -0.493 e. The molecule has 0 unspecified atom stereocenters. The van der Waals surface area contributed by atoms with Crippen molar-refractivity contribution >= 4 is 39.6 Å². The molecule has 4 rings (SSSR count). The van der Waals surface area contributed by atoms with Gasteiger partial charge in [0, 0.05) is 17.7 Å². The zero-order valence-corrected chi connectivity index (χ0v) is 19.7. The van der Waals surface area contributed by atoms with Crippen LogP contribution in [0, 0.1) is 0 Å². The Morgan fingerprint density at radius 1 is 1.09 bits per heavy atom. The minimum absolute atomic E-state index is 0.127. The lowest BCUT2D eigenvalue weighted by molar-refractivity contribution is -0.119. The molecular formula is C23H22N4O4S2. The van der Waals surface area contributed by atoms with Crippen molar-refractivity contribution in [3.8, 4) is 27.8 Å². The molecule has 33 heavy (non-hydrogen) atoms. The van der Waals surface area contributed by atoms with Crippen LogP contribution >= 0.6 is 22.7 Å². The Hall–Kier alpha value is -3.50. The van der Waals surface area contributed by atoms with Crippen LogP contribution in [0.3, 0.4) is 0 Å². The maximum Gasteiger partial charge on any atom is 0.232 e. The highest BCUT2D eigenvalue weighted by Gasteiger charge is 2.15. The number of thiazole rings is 2. The van der Waals surface area contributed by atoms with Gasteiger partial charge in [0.15, 0.2) is 10.9 Å². The second-order valence-electron chi connectivity index (χ2n) is 7.01. The summed E-state index contributed by atoms with van der Waals surface area (Å²) >= 11 is 2.79. The Morgan fingerprint density at radius 2 is 1.94 bits per heavy atom. The number of furan rings is 1. The average Bonchev–Trinajstić information content (AvgIpc) is 3.54. The Morgan fingerprint density at radius 3 is 2.76 bits per heavy atom. The molecule has 3 aromatic heterocycles. The maximum atomic E-state index is 12.5. The summed E-state index contributed by atoms with van der Waals surface area (Å²) < 4.78 is 11.4. The summed E-state index contributed by atoms with van der Waals surface area (Å²) in [5, 5.41) is 10.5. The molecule has 0 aliphatic heterocycles. The van der Waals surface area contributed by atoms with Crippen molar-refractivity contribution in [3.05, 3.63) is 58.6 Å². The van der Waals surface area contributed by atoms with E-state index in [4.69, 9.17) is 9.15 Å². The molecule has 0 atom stereocenters. The van der Waals surface area contributed by atoms with Crippen LogP contribution in [0.4, 0.5) is 5.13 Å². The molecule has 0 saturated heterocycles. The van der Waals surface area contributed by atoms with Crippen molar-refractivity contribution in [2.24, 2.45) is 0 Å². The molecule has 0 aliphatic carbocycles. The third-order valence-electron chi connectivity index (χ3n) is 4.49. The van der Waals surface area contributed by atoms with Gasteiger partial charge in [-0.1, -0.05) is 12.1 Å². The molecule has 0 saturated carbocycles. The zero-order chi connectivity index (χ0) is 23.2. The fourth-order valence-electron chi connectivity index (χ4n) is 3.03. The van der Waals surface area contributed by atoms with E-state index in [2.05, 4.69) is 20.6 Å². The van der Waals surface area contributed by atoms with Crippen LogP contribution in [0.1, 0.15) is 25.3 Å². The summed E-state index contributed by atoms with van der Waals surface area (Å²) in [6.45, 7) is 4.27. The Balaban J connectivity index is 1.37. The number of anilines is 1. The third-order valence-corrected chi connectivity index (χ3v) is 6.17. The molecule has 2 amide bonds. The number of nitrogens with zero attached hydrogens (tertiary/aromatic N) is 2. The number of rotatable bonds is 9. The second kappa shape index (κ2) is 10.4. The number of carbonyl (C=O) groups is 2. The fraction of sp³-hybridized carbons (Fsp3) is 0.217. The van der Waals surface area contributed by atoms with Crippen molar-refractivity contribution in [1.29, 1.82) is 0 Å². The van der Waals surface area contributed by atoms with Crippen LogP contribution in [-0.4, -0.2) is 28.4 Å². The van der Waals surface area contributed by atoms with Gasteiger partial charge < -0.3 is 19.8 Å². The average molecular weight is 483 g/mol. The lowest BCUT2D eigenvalue weighted by Gasteiger charge is -2.07. The van der Waals surface area contributed by atoms with Crippen molar-refractivity contribution in [2.75, 3.05) is 11.9 Å². The number of carbonyl (C=O) groups excluding carboxylic acids is 2. The first-order valence-corrected chi connectivity index (χ1v) is 12.0. The van der Waals surface area contributed by atoms with Crippen LogP contribution in [0.5, 0.6) is 5.75 Å². The lowest BCUT2D eigenvalue weighted by Crippen LogP contribution is -2.18. The number of ether oxygens (including phenoxy) is 1. The summed E-state index contributed by atoms with van der Waals surface area (Å²) in [6, 6.07) is 11.3. The summed E-state index contributed by atoms with van der Waals surface area (Å²) in [7, 11) is 0. The summed E-state index contributed by atoms with van der Waals surface area (Å²) in [4.78, 5) is 32.6. The SMILES string of the molecule is CCOc1ccccc1-c1nc(CC(=O)Nc2nc(-c3ccc(CNC(C)=O)o3)cs2)cs1. The Kier molecular flexibility index (Phi) is 7.16. The number of hydrogen-bond acceptors (Lipinski definition) is 8. The smallest absolute Gasteiger partial charge is 0.232 e. The third kappa shape index (κ3) is 5.85. The molecule has 170 valence electrons. The molecule has 0 bridgehead atoms. The van der Waals surface area contributed by atoms with E-state index in [9.17, 15) is 9.59 Å². The number of nitrogens with one attached hydrogen (secondary N) is 2. The van der Waals surface area contributed by atoms with Crippen molar-refractivity contribution in [1.82, 2.24) is 15.3 Å². The predicted octanol–water partition coefficient (Wildman–Crippen LogP) is 4.74. The highest BCUT2D eigenvalue weighted by atomic mass is 32.1. The van der Waals surface area contributed by atoms with Gasteiger partial charge in [-0.15, -0.1) is 22.7 Å². The van der Waals surface area contributed by atoms with Gasteiger partial charge in [-0.3, -0.25) is 9.59 Å². The van der Waals surface area contributed by atoms with Gasteiger partial charge in [-0.05, 0) is 31.2 Å². The molecule has 3 heterocycles. The molecular weight excluding hydrogens is 460 g/mol. The van der Waals surface area contributed by atoms with Crippen LogP contribution in [-0.2, 0) is 22.6 Å². The normalized spacial score (nSPS) is 10.7. The molecule has 0 aliphatic rings. The monoisotopic (exact) mass is 482 g/mol. The predicted molar refractivity (Wildman–Crippen MR) is 128 cm³/mol. The molecule has 10 heteroatoms. The van der Waals surface area contributed by atoms with E-state index < -0.39 is 0 Å². The molecule has 1 aromatic carbocycles. The summed E-state index contributed by atoms with van der Waals surface area (Å²) in [6.07, 6.45) is 0.143. The number of aromatic nitrogens is 2. The van der Waals surface area contributed by atoms with Crippen molar-refractivity contribution in [2.45, 2.75) is 26.8 Å². The molecule has 0 radical (unpaired) electrons.